The van der Waals surface area contributed by atoms with E-state index in [0.29, 0.717) is 11.8 Å². The fourth-order valence-corrected chi connectivity index (χ4v) is 1.16. The first-order valence-corrected chi connectivity index (χ1v) is 4.30. The summed E-state index contributed by atoms with van der Waals surface area (Å²) in [4.78, 5) is 10.1. The Kier molecular flexibility index (Phi) is 4.15. The summed E-state index contributed by atoms with van der Waals surface area (Å²) in [6, 6.07) is 3.35. The number of alkyl halides is 2. The third-order valence-corrected chi connectivity index (χ3v) is 1.78. The maximum Gasteiger partial charge on any atom is 0.387 e. The Morgan fingerprint density at radius 1 is 1.40 bits per heavy atom. The molecule has 0 bridgehead atoms. The van der Waals surface area contributed by atoms with Crippen LogP contribution in [0.3, 0.4) is 0 Å². The van der Waals surface area contributed by atoms with Gasteiger partial charge in [-0.1, -0.05) is 6.07 Å². The maximum absolute atomic E-state index is 12.7. The van der Waals surface area contributed by atoms with Gasteiger partial charge in [-0.15, -0.1) is 0 Å². The Hall–Kier alpha value is -1.52. The quantitative estimate of drug-likeness (QED) is 0.710. The van der Waals surface area contributed by atoms with Crippen LogP contribution in [-0.4, -0.2) is 12.9 Å². The second-order valence-electron chi connectivity index (χ2n) is 2.84. The largest absolute Gasteiger partial charge is 0.434 e. The number of benzene rings is 1. The molecule has 0 saturated heterocycles. The molecule has 0 atom stereocenters. The highest BCUT2D eigenvalue weighted by Crippen LogP contribution is 2.23. The molecule has 0 unspecified atom stereocenters. The number of hydrogen-bond acceptors (Lipinski definition) is 2. The highest BCUT2D eigenvalue weighted by molar-refractivity contribution is 5.50. The summed E-state index contributed by atoms with van der Waals surface area (Å²) in [6.45, 7) is -3.00. The number of ether oxygens (including phenoxy) is 1. The fraction of sp³-hybridized carbons (Fsp3) is 0.300. The molecule has 0 spiro atoms. The summed E-state index contributed by atoms with van der Waals surface area (Å²) in [5.41, 5.74) is 0.392. The van der Waals surface area contributed by atoms with Crippen LogP contribution in [0, 0.1) is 5.82 Å². The Morgan fingerprint density at radius 3 is 2.73 bits per heavy atom. The van der Waals surface area contributed by atoms with Crippen molar-refractivity contribution < 1.29 is 22.7 Å². The number of hydrogen-bond donors (Lipinski definition) is 0. The van der Waals surface area contributed by atoms with Crippen LogP contribution in [0.25, 0.3) is 0 Å². The van der Waals surface area contributed by atoms with E-state index < -0.39 is 12.4 Å². The minimum atomic E-state index is -3.00. The van der Waals surface area contributed by atoms with Crippen molar-refractivity contribution in [2.75, 3.05) is 0 Å². The van der Waals surface area contributed by atoms with Crippen molar-refractivity contribution in [3.05, 3.63) is 29.6 Å². The molecule has 0 aromatic heterocycles. The molecule has 1 aromatic carbocycles. The van der Waals surface area contributed by atoms with Crippen LogP contribution >= 0.6 is 0 Å². The van der Waals surface area contributed by atoms with Gasteiger partial charge in [-0.2, -0.15) is 8.78 Å². The second kappa shape index (κ2) is 5.38. The second-order valence-corrected chi connectivity index (χ2v) is 2.84. The number of halogens is 3. The first-order chi connectivity index (χ1) is 7.13. The molecule has 82 valence electrons. The lowest BCUT2D eigenvalue weighted by Gasteiger charge is -2.09. The summed E-state index contributed by atoms with van der Waals surface area (Å²) in [7, 11) is 0. The molecule has 1 aromatic rings. The molecule has 0 aliphatic heterocycles. The van der Waals surface area contributed by atoms with E-state index in [4.69, 9.17) is 0 Å². The molecular formula is C10H9F3O2. The molecule has 0 N–H and O–H groups in total. The summed E-state index contributed by atoms with van der Waals surface area (Å²) in [5.74, 6) is -0.868. The highest BCUT2D eigenvalue weighted by Gasteiger charge is 2.10. The van der Waals surface area contributed by atoms with Crippen molar-refractivity contribution in [2.24, 2.45) is 0 Å². The maximum atomic E-state index is 12.7. The normalized spacial score (nSPS) is 10.4. The number of rotatable bonds is 5. The van der Waals surface area contributed by atoms with Gasteiger partial charge in [-0.25, -0.2) is 4.39 Å². The van der Waals surface area contributed by atoms with Crippen molar-refractivity contribution in [2.45, 2.75) is 19.5 Å². The zero-order valence-electron chi connectivity index (χ0n) is 7.75. The van der Waals surface area contributed by atoms with Crippen molar-refractivity contribution in [1.82, 2.24) is 0 Å². The molecule has 0 fully saturated rings. The molecule has 0 radical (unpaired) electrons. The monoisotopic (exact) mass is 218 g/mol. The van der Waals surface area contributed by atoms with Gasteiger partial charge in [0, 0.05) is 12.5 Å². The highest BCUT2D eigenvalue weighted by atomic mass is 19.3. The molecule has 0 aliphatic carbocycles. The summed E-state index contributed by atoms with van der Waals surface area (Å²) < 4.78 is 40.7. The van der Waals surface area contributed by atoms with E-state index in [-0.39, 0.29) is 18.6 Å². The molecule has 0 amide bonds. The van der Waals surface area contributed by atoms with Gasteiger partial charge in [0.15, 0.2) is 0 Å². The van der Waals surface area contributed by atoms with Gasteiger partial charge in [0.2, 0.25) is 0 Å². The summed E-state index contributed by atoms with van der Waals surface area (Å²) >= 11 is 0. The molecule has 15 heavy (non-hydrogen) atoms. The van der Waals surface area contributed by atoms with Gasteiger partial charge >= 0.3 is 6.61 Å². The number of aryl methyl sites for hydroxylation is 1. The van der Waals surface area contributed by atoms with E-state index in [1.165, 1.54) is 6.07 Å². The lowest BCUT2D eigenvalue weighted by Crippen LogP contribution is -2.05. The van der Waals surface area contributed by atoms with Crippen LogP contribution in [0.15, 0.2) is 18.2 Å². The molecule has 0 saturated carbocycles. The first-order valence-electron chi connectivity index (χ1n) is 4.30. The van der Waals surface area contributed by atoms with E-state index in [9.17, 15) is 18.0 Å². The van der Waals surface area contributed by atoms with Crippen LogP contribution in [0.2, 0.25) is 0 Å². The topological polar surface area (TPSA) is 26.3 Å². The third kappa shape index (κ3) is 3.61. The molecule has 1 rings (SSSR count). The van der Waals surface area contributed by atoms with Crippen molar-refractivity contribution in [3.8, 4) is 5.75 Å². The Morgan fingerprint density at radius 2 is 2.13 bits per heavy atom. The molecule has 0 heterocycles. The van der Waals surface area contributed by atoms with E-state index in [1.807, 2.05) is 0 Å². The smallest absolute Gasteiger partial charge is 0.387 e. The van der Waals surface area contributed by atoms with Crippen molar-refractivity contribution in [3.63, 3.8) is 0 Å². The van der Waals surface area contributed by atoms with Gasteiger partial charge in [0.1, 0.15) is 17.9 Å². The van der Waals surface area contributed by atoms with E-state index in [0.717, 1.165) is 12.1 Å². The predicted octanol–water partition coefficient (Wildman–Crippen LogP) is 2.56. The minimum absolute atomic E-state index is 0.186. The Balaban J connectivity index is 2.86. The van der Waals surface area contributed by atoms with Crippen LogP contribution in [-0.2, 0) is 11.2 Å². The van der Waals surface area contributed by atoms with Gasteiger partial charge in [0.05, 0.1) is 0 Å². The Bertz CT molecular complexity index is 339. The number of aldehydes is 1. The molecule has 0 aliphatic rings. The minimum Gasteiger partial charge on any atom is -0.434 e. The first kappa shape index (κ1) is 11.6. The Labute approximate surface area is 84.7 Å². The fourth-order valence-electron chi connectivity index (χ4n) is 1.16. The zero-order chi connectivity index (χ0) is 11.3. The van der Waals surface area contributed by atoms with Gasteiger partial charge in [0.25, 0.3) is 0 Å². The van der Waals surface area contributed by atoms with Gasteiger partial charge in [-0.3, -0.25) is 0 Å². The van der Waals surface area contributed by atoms with Crippen LogP contribution < -0.4 is 4.74 Å². The van der Waals surface area contributed by atoms with E-state index >= 15 is 0 Å². The molecule has 2 nitrogen and oxygen atoms in total. The summed E-state index contributed by atoms with van der Waals surface area (Å²) in [6.07, 6.45) is 1.10. The van der Waals surface area contributed by atoms with Gasteiger partial charge < -0.3 is 9.53 Å². The SMILES string of the molecule is O=CCCc1ccc(F)cc1OC(F)F. The lowest BCUT2D eigenvalue weighted by atomic mass is 10.1. The van der Waals surface area contributed by atoms with Crippen LogP contribution in [0.5, 0.6) is 5.75 Å². The third-order valence-electron chi connectivity index (χ3n) is 1.78. The number of carbonyl (C=O) groups excluding carboxylic acids is 1. The average Bonchev–Trinajstić information content (AvgIpc) is 2.16. The lowest BCUT2D eigenvalue weighted by molar-refractivity contribution is -0.107. The standard InChI is InChI=1S/C10H9F3O2/c11-8-4-3-7(2-1-5-14)9(6-8)15-10(12)13/h3-6,10H,1-2H2. The van der Waals surface area contributed by atoms with Crippen LogP contribution in [0.4, 0.5) is 13.2 Å². The summed E-state index contributed by atoms with van der Waals surface area (Å²) in [5, 5.41) is 0. The van der Waals surface area contributed by atoms with E-state index in [2.05, 4.69) is 4.74 Å². The van der Waals surface area contributed by atoms with Crippen molar-refractivity contribution in [1.29, 1.82) is 0 Å². The number of carbonyl (C=O) groups is 1. The van der Waals surface area contributed by atoms with Crippen molar-refractivity contribution >= 4 is 6.29 Å². The van der Waals surface area contributed by atoms with Gasteiger partial charge in [-0.05, 0) is 18.1 Å². The predicted molar refractivity (Wildman–Crippen MR) is 47.4 cm³/mol. The molecule has 5 heteroatoms. The molecular weight excluding hydrogens is 209 g/mol. The zero-order valence-corrected chi connectivity index (χ0v) is 7.75. The van der Waals surface area contributed by atoms with Crippen LogP contribution in [0.1, 0.15) is 12.0 Å². The van der Waals surface area contributed by atoms with E-state index in [1.54, 1.807) is 0 Å². The average molecular weight is 218 g/mol.